The molecule has 2 rings (SSSR count). The van der Waals surface area contributed by atoms with Crippen LogP contribution in [0.4, 0.5) is 5.69 Å². The minimum atomic E-state index is 0.600. The van der Waals surface area contributed by atoms with Crippen LogP contribution in [0.2, 0.25) is 0 Å². The molecule has 0 saturated carbocycles. The van der Waals surface area contributed by atoms with Crippen molar-refractivity contribution in [1.29, 1.82) is 0 Å². The van der Waals surface area contributed by atoms with Crippen molar-refractivity contribution in [2.24, 2.45) is 0 Å². The Morgan fingerprint density at radius 1 is 1.41 bits per heavy atom. The molecule has 1 aliphatic rings. The summed E-state index contributed by atoms with van der Waals surface area (Å²) in [6.45, 7) is 7.98. The number of nitrogens with zero attached hydrogens (tertiary/aromatic N) is 1. The van der Waals surface area contributed by atoms with Crippen LogP contribution in [0.1, 0.15) is 25.0 Å². The first kappa shape index (κ1) is 13.1. The van der Waals surface area contributed by atoms with E-state index in [1.807, 2.05) is 0 Å². The Labute approximate surface area is 114 Å². The van der Waals surface area contributed by atoms with Gasteiger partial charge in [-0.05, 0) is 31.0 Å². The number of aryl methyl sites for hydroxylation is 1. The van der Waals surface area contributed by atoms with Crippen LogP contribution in [0.3, 0.4) is 0 Å². The van der Waals surface area contributed by atoms with Gasteiger partial charge in [-0.2, -0.15) is 11.8 Å². The van der Waals surface area contributed by atoms with E-state index < -0.39 is 0 Å². The Morgan fingerprint density at radius 3 is 2.82 bits per heavy atom. The van der Waals surface area contributed by atoms with Crippen molar-refractivity contribution in [1.82, 2.24) is 0 Å². The average Bonchev–Trinajstić information content (AvgIpc) is 2.33. The quantitative estimate of drug-likeness (QED) is 0.745. The highest BCUT2D eigenvalue weighted by molar-refractivity contribution is 8.00. The zero-order valence-corrected chi connectivity index (χ0v) is 12.3. The molecule has 1 heterocycles. The molecule has 1 aliphatic heterocycles. The van der Waals surface area contributed by atoms with E-state index in [-0.39, 0.29) is 0 Å². The maximum Gasteiger partial charge on any atom is 0.0474 e. The molecule has 1 saturated heterocycles. The number of hydrogen-bond acceptors (Lipinski definition) is 2. The van der Waals surface area contributed by atoms with Crippen molar-refractivity contribution in [2.45, 2.75) is 37.9 Å². The van der Waals surface area contributed by atoms with Crippen molar-refractivity contribution in [2.75, 3.05) is 17.2 Å². The summed E-state index contributed by atoms with van der Waals surface area (Å²) in [4.78, 5) is 2.54. The summed E-state index contributed by atoms with van der Waals surface area (Å²) in [5.74, 6) is 1.82. The summed E-state index contributed by atoms with van der Waals surface area (Å²) in [5.41, 5.74) is 3.92. The minimum absolute atomic E-state index is 0.600. The normalized spacial score (nSPS) is 25.1. The van der Waals surface area contributed by atoms with Crippen LogP contribution >= 0.6 is 23.4 Å². The number of halogens is 1. The van der Waals surface area contributed by atoms with E-state index >= 15 is 0 Å². The molecule has 1 fully saturated rings. The fraction of sp³-hybridized carbons (Fsp3) is 0.571. The molecule has 1 aromatic rings. The third kappa shape index (κ3) is 2.74. The second-order valence-electron chi connectivity index (χ2n) is 4.76. The van der Waals surface area contributed by atoms with Gasteiger partial charge >= 0.3 is 0 Å². The third-order valence-electron chi connectivity index (χ3n) is 3.61. The van der Waals surface area contributed by atoms with E-state index in [2.05, 4.69) is 55.6 Å². The molecule has 1 aromatic carbocycles. The Kier molecular flexibility index (Phi) is 4.26. The molecule has 2 unspecified atom stereocenters. The zero-order valence-electron chi connectivity index (χ0n) is 10.7. The second kappa shape index (κ2) is 5.53. The molecule has 0 N–H and O–H groups in total. The van der Waals surface area contributed by atoms with E-state index in [0.717, 1.165) is 6.54 Å². The van der Waals surface area contributed by atoms with Gasteiger partial charge in [-0.15, -0.1) is 11.6 Å². The molecule has 0 bridgehead atoms. The van der Waals surface area contributed by atoms with Gasteiger partial charge in [0.1, 0.15) is 0 Å². The predicted molar refractivity (Wildman–Crippen MR) is 79.5 cm³/mol. The van der Waals surface area contributed by atoms with Crippen molar-refractivity contribution < 1.29 is 0 Å². The molecule has 0 aliphatic carbocycles. The summed E-state index contributed by atoms with van der Waals surface area (Å²) in [5, 5.41) is 0.704. The number of rotatable bonds is 2. The fourth-order valence-corrected chi connectivity index (χ4v) is 3.66. The number of benzene rings is 1. The lowest BCUT2D eigenvalue weighted by Crippen LogP contribution is -2.45. The van der Waals surface area contributed by atoms with Crippen molar-refractivity contribution in [3.8, 4) is 0 Å². The highest BCUT2D eigenvalue weighted by Gasteiger charge is 2.26. The third-order valence-corrected chi connectivity index (χ3v) is 5.26. The van der Waals surface area contributed by atoms with Crippen LogP contribution < -0.4 is 4.90 Å². The minimum Gasteiger partial charge on any atom is -0.367 e. The van der Waals surface area contributed by atoms with Gasteiger partial charge < -0.3 is 4.90 Å². The lowest BCUT2D eigenvalue weighted by molar-refractivity contribution is 0.626. The van der Waals surface area contributed by atoms with Gasteiger partial charge in [-0.25, -0.2) is 0 Å². The fourth-order valence-electron chi connectivity index (χ4n) is 2.40. The number of alkyl halides is 1. The van der Waals surface area contributed by atoms with Gasteiger partial charge in [0.05, 0.1) is 0 Å². The van der Waals surface area contributed by atoms with Crippen LogP contribution in [-0.4, -0.2) is 23.6 Å². The van der Waals surface area contributed by atoms with Gasteiger partial charge in [-0.3, -0.25) is 0 Å². The van der Waals surface area contributed by atoms with Crippen LogP contribution in [0.25, 0.3) is 0 Å². The molecule has 2 atom stereocenters. The van der Waals surface area contributed by atoms with Gasteiger partial charge in [0, 0.05) is 35.2 Å². The van der Waals surface area contributed by atoms with Crippen LogP contribution in [0, 0.1) is 6.92 Å². The van der Waals surface area contributed by atoms with Gasteiger partial charge in [0.25, 0.3) is 0 Å². The first-order valence-corrected chi connectivity index (χ1v) is 7.75. The molecule has 17 heavy (non-hydrogen) atoms. The molecule has 0 aromatic heterocycles. The SMILES string of the molecule is Cc1cc(CCl)ccc1N1CCSC(C)C1C. The second-order valence-corrected chi connectivity index (χ2v) is 6.52. The van der Waals surface area contributed by atoms with E-state index in [4.69, 9.17) is 11.6 Å². The van der Waals surface area contributed by atoms with E-state index in [1.165, 1.54) is 22.6 Å². The number of anilines is 1. The number of hydrogen-bond donors (Lipinski definition) is 0. The Hall–Kier alpha value is -0.340. The Morgan fingerprint density at radius 2 is 2.18 bits per heavy atom. The van der Waals surface area contributed by atoms with Crippen LogP contribution in [0.15, 0.2) is 18.2 Å². The maximum atomic E-state index is 5.87. The molecule has 94 valence electrons. The summed E-state index contributed by atoms with van der Waals surface area (Å²) < 4.78 is 0. The number of thioether (sulfide) groups is 1. The van der Waals surface area contributed by atoms with Crippen molar-refractivity contribution in [3.05, 3.63) is 29.3 Å². The highest BCUT2D eigenvalue weighted by atomic mass is 35.5. The highest BCUT2D eigenvalue weighted by Crippen LogP contribution is 2.31. The summed E-state index contributed by atoms with van der Waals surface area (Å²) in [6, 6.07) is 7.19. The molecule has 0 amide bonds. The largest absolute Gasteiger partial charge is 0.367 e. The van der Waals surface area contributed by atoms with Crippen molar-refractivity contribution >= 4 is 29.1 Å². The molecular formula is C14H20ClNS. The lowest BCUT2D eigenvalue weighted by atomic mass is 10.1. The zero-order chi connectivity index (χ0) is 12.4. The van der Waals surface area contributed by atoms with Gasteiger partial charge in [0.15, 0.2) is 0 Å². The smallest absolute Gasteiger partial charge is 0.0474 e. The molecule has 1 nitrogen and oxygen atoms in total. The average molecular weight is 270 g/mol. The molecule has 0 radical (unpaired) electrons. The molecule has 3 heteroatoms. The monoisotopic (exact) mass is 269 g/mol. The Balaban J connectivity index is 2.27. The summed E-state index contributed by atoms with van der Waals surface area (Å²) in [6.07, 6.45) is 0. The molecular weight excluding hydrogens is 250 g/mol. The maximum absolute atomic E-state index is 5.87. The van der Waals surface area contributed by atoms with Crippen LogP contribution in [-0.2, 0) is 5.88 Å². The topological polar surface area (TPSA) is 3.24 Å². The lowest BCUT2D eigenvalue weighted by Gasteiger charge is -2.40. The van der Waals surface area contributed by atoms with Crippen molar-refractivity contribution in [3.63, 3.8) is 0 Å². The summed E-state index contributed by atoms with van der Waals surface area (Å²) in [7, 11) is 0. The van der Waals surface area contributed by atoms with E-state index in [0.29, 0.717) is 17.2 Å². The standard InChI is InChI=1S/C14H20ClNS/c1-10-8-13(9-15)4-5-14(10)16-6-7-17-12(3)11(16)2/h4-5,8,11-12H,6-7,9H2,1-3H3. The van der Waals surface area contributed by atoms with Gasteiger partial charge in [0.2, 0.25) is 0 Å². The first-order chi connectivity index (χ1) is 8.13. The Bertz CT molecular complexity index is 394. The summed E-state index contributed by atoms with van der Waals surface area (Å²) >= 11 is 7.95. The van der Waals surface area contributed by atoms with Crippen LogP contribution in [0.5, 0.6) is 0 Å². The van der Waals surface area contributed by atoms with E-state index in [1.54, 1.807) is 0 Å². The predicted octanol–water partition coefficient (Wildman–Crippen LogP) is 4.06. The molecule has 0 spiro atoms. The first-order valence-electron chi connectivity index (χ1n) is 6.17. The van der Waals surface area contributed by atoms with E-state index in [9.17, 15) is 0 Å². The van der Waals surface area contributed by atoms with Gasteiger partial charge in [-0.1, -0.05) is 19.1 Å².